The minimum absolute atomic E-state index is 0.0670. The average molecular weight is 538 g/mol. The Hall–Kier alpha value is -2.40. The second kappa shape index (κ2) is 9.92. The van der Waals surface area contributed by atoms with Crippen LogP contribution in [0, 0.1) is 5.82 Å². The highest BCUT2D eigenvalue weighted by molar-refractivity contribution is 7.90. The maximum Gasteiger partial charge on any atom is 0.251 e. The number of hydrogen-bond donors (Lipinski definition) is 0. The summed E-state index contributed by atoms with van der Waals surface area (Å²) >= 11 is 6.31. The molecule has 0 saturated carbocycles. The van der Waals surface area contributed by atoms with Crippen LogP contribution in [0.3, 0.4) is 0 Å². The van der Waals surface area contributed by atoms with E-state index < -0.39 is 35.6 Å². The Morgan fingerprint density at radius 1 is 1.20 bits per heavy atom. The Morgan fingerprint density at radius 2 is 1.89 bits per heavy atom. The fourth-order valence-corrected chi connectivity index (χ4v) is 4.96. The van der Waals surface area contributed by atoms with Crippen LogP contribution in [0.1, 0.15) is 32.4 Å². The predicted octanol–water partition coefficient (Wildman–Crippen LogP) is 5.11. The highest BCUT2D eigenvalue weighted by Gasteiger charge is 2.38. The van der Waals surface area contributed by atoms with Gasteiger partial charge in [0, 0.05) is 30.3 Å². The normalized spacial score (nSPS) is 13.6. The lowest BCUT2D eigenvalue weighted by molar-refractivity contribution is 0.246. The molecule has 35 heavy (non-hydrogen) atoms. The van der Waals surface area contributed by atoms with E-state index in [4.69, 9.17) is 16.0 Å². The molecule has 0 radical (unpaired) electrons. The highest BCUT2D eigenvalue weighted by atomic mass is 35.5. The van der Waals surface area contributed by atoms with Gasteiger partial charge in [0.15, 0.2) is 8.32 Å². The van der Waals surface area contributed by atoms with Crippen molar-refractivity contribution in [2.75, 3.05) is 12.9 Å². The van der Waals surface area contributed by atoms with E-state index in [0.29, 0.717) is 16.8 Å². The van der Waals surface area contributed by atoms with Gasteiger partial charge in [0.1, 0.15) is 5.82 Å². The lowest BCUT2D eigenvalue weighted by atomic mass is 10.1. The van der Waals surface area contributed by atoms with Crippen LogP contribution >= 0.6 is 11.6 Å². The molecule has 0 amide bonds. The SMILES string of the molecule is CC(C)(C)[Si](C)(C)OC[C@H](c1cccc(F)c1Cl)n1ccc(-c2ccnc(S(C)(=O)=O)n2)cc1=O. The van der Waals surface area contributed by atoms with E-state index in [1.807, 2.05) is 0 Å². The second-order valence-corrected chi connectivity index (χ2v) is 17.0. The molecular weight excluding hydrogens is 509 g/mol. The molecule has 0 spiro atoms. The molecule has 0 fully saturated rings. The summed E-state index contributed by atoms with van der Waals surface area (Å²) in [6, 6.07) is 8.32. The van der Waals surface area contributed by atoms with Crippen LogP contribution in [-0.2, 0) is 14.3 Å². The summed E-state index contributed by atoms with van der Waals surface area (Å²) in [5, 5.41) is -0.463. The Kier molecular flexibility index (Phi) is 7.71. The summed E-state index contributed by atoms with van der Waals surface area (Å²) in [6.45, 7) is 10.6. The standard InChI is InChI=1S/C24H29ClFN3O4SSi/c1-24(2,3)35(5,6)33-15-20(17-8-7-9-18(26)22(17)25)29-13-11-16(14-21(29)30)19-10-12-27-23(28-19)34(4,31)32/h7-14,20H,15H2,1-6H3/t20-/m1/s1. The van der Waals surface area contributed by atoms with E-state index in [9.17, 15) is 17.6 Å². The third-order valence-corrected chi connectivity index (χ3v) is 12.1. The Morgan fingerprint density at radius 3 is 2.49 bits per heavy atom. The fraction of sp³-hybridized carbons (Fsp3) is 0.375. The van der Waals surface area contributed by atoms with E-state index in [1.165, 1.54) is 29.0 Å². The van der Waals surface area contributed by atoms with Crippen molar-refractivity contribution in [3.63, 3.8) is 0 Å². The molecule has 2 aromatic heterocycles. The smallest absolute Gasteiger partial charge is 0.251 e. The van der Waals surface area contributed by atoms with Gasteiger partial charge < -0.3 is 8.99 Å². The Bertz CT molecular complexity index is 1400. The molecule has 0 aliphatic heterocycles. The lowest BCUT2D eigenvalue weighted by Crippen LogP contribution is -2.43. The predicted molar refractivity (Wildman–Crippen MR) is 138 cm³/mol. The summed E-state index contributed by atoms with van der Waals surface area (Å²) in [4.78, 5) is 21.1. The molecule has 1 aromatic carbocycles. The number of pyridine rings is 1. The van der Waals surface area contributed by atoms with Crippen LogP contribution in [0.4, 0.5) is 4.39 Å². The average Bonchev–Trinajstić information content (AvgIpc) is 2.76. The van der Waals surface area contributed by atoms with Crippen molar-refractivity contribution in [3.05, 3.63) is 75.5 Å². The van der Waals surface area contributed by atoms with Gasteiger partial charge in [0.05, 0.1) is 23.4 Å². The number of halogens is 2. The zero-order valence-corrected chi connectivity index (χ0v) is 23.1. The van der Waals surface area contributed by atoms with Gasteiger partial charge in [-0.05, 0) is 41.9 Å². The van der Waals surface area contributed by atoms with Crippen LogP contribution in [0.5, 0.6) is 0 Å². The third kappa shape index (κ3) is 6.06. The number of benzene rings is 1. The molecule has 3 rings (SSSR count). The molecule has 0 aliphatic carbocycles. The summed E-state index contributed by atoms with van der Waals surface area (Å²) in [6.07, 6.45) is 3.90. The van der Waals surface area contributed by atoms with Gasteiger partial charge in [-0.25, -0.2) is 22.8 Å². The summed E-state index contributed by atoms with van der Waals surface area (Å²) in [5.74, 6) is -0.583. The van der Waals surface area contributed by atoms with Gasteiger partial charge in [-0.1, -0.05) is 44.5 Å². The molecule has 2 heterocycles. The first-order valence-corrected chi connectivity index (χ1v) is 16.1. The summed E-state index contributed by atoms with van der Waals surface area (Å²) < 4.78 is 45.8. The van der Waals surface area contributed by atoms with Crippen LogP contribution < -0.4 is 5.56 Å². The van der Waals surface area contributed by atoms with Crippen LogP contribution in [0.2, 0.25) is 23.2 Å². The van der Waals surface area contributed by atoms with Crippen molar-refractivity contribution < 1.29 is 17.2 Å². The van der Waals surface area contributed by atoms with Gasteiger partial charge in [0.2, 0.25) is 15.0 Å². The minimum Gasteiger partial charge on any atom is -0.414 e. The molecule has 3 aromatic rings. The highest BCUT2D eigenvalue weighted by Crippen LogP contribution is 2.38. The van der Waals surface area contributed by atoms with Crippen molar-refractivity contribution in [1.82, 2.24) is 14.5 Å². The third-order valence-electron chi connectivity index (χ3n) is 6.29. The largest absolute Gasteiger partial charge is 0.414 e. The number of rotatable bonds is 7. The monoisotopic (exact) mass is 537 g/mol. The van der Waals surface area contributed by atoms with Crippen molar-refractivity contribution >= 4 is 29.8 Å². The number of sulfone groups is 1. The maximum atomic E-state index is 14.3. The number of aromatic nitrogens is 3. The van der Waals surface area contributed by atoms with Crippen LogP contribution in [-0.4, -0.2) is 44.1 Å². The van der Waals surface area contributed by atoms with E-state index in [0.717, 1.165) is 6.26 Å². The van der Waals surface area contributed by atoms with E-state index in [-0.39, 0.29) is 21.8 Å². The van der Waals surface area contributed by atoms with Crippen molar-refractivity contribution in [2.45, 2.75) is 50.1 Å². The van der Waals surface area contributed by atoms with Crippen molar-refractivity contribution in [1.29, 1.82) is 0 Å². The molecule has 0 bridgehead atoms. The van der Waals surface area contributed by atoms with Gasteiger partial charge in [-0.2, -0.15) is 0 Å². The number of nitrogens with zero attached hydrogens (tertiary/aromatic N) is 3. The van der Waals surface area contributed by atoms with Crippen molar-refractivity contribution in [3.8, 4) is 11.3 Å². The van der Waals surface area contributed by atoms with E-state index >= 15 is 0 Å². The molecule has 0 saturated heterocycles. The van der Waals surface area contributed by atoms with Crippen LogP contribution in [0.15, 0.2) is 58.7 Å². The van der Waals surface area contributed by atoms with Gasteiger partial charge in [-0.15, -0.1) is 0 Å². The first kappa shape index (κ1) is 27.2. The minimum atomic E-state index is -3.61. The first-order chi connectivity index (χ1) is 16.1. The maximum absolute atomic E-state index is 14.3. The van der Waals surface area contributed by atoms with E-state index in [2.05, 4.69) is 43.8 Å². The molecule has 188 valence electrons. The Labute approximate surface area is 211 Å². The first-order valence-electron chi connectivity index (χ1n) is 11.0. The zero-order valence-electron chi connectivity index (χ0n) is 20.5. The van der Waals surface area contributed by atoms with E-state index in [1.54, 1.807) is 24.4 Å². The van der Waals surface area contributed by atoms with Crippen molar-refractivity contribution in [2.24, 2.45) is 0 Å². The molecule has 0 aliphatic rings. The lowest BCUT2D eigenvalue weighted by Gasteiger charge is -2.37. The summed E-state index contributed by atoms with van der Waals surface area (Å²) in [5.41, 5.74) is 0.753. The zero-order chi connectivity index (χ0) is 26.2. The molecule has 11 heteroatoms. The molecule has 0 N–H and O–H groups in total. The summed E-state index contributed by atoms with van der Waals surface area (Å²) in [7, 11) is -5.81. The quantitative estimate of drug-likeness (QED) is 0.307. The molecule has 0 unspecified atom stereocenters. The molecular formula is C24H29ClFN3O4SSi. The molecule has 7 nitrogen and oxygen atoms in total. The van der Waals surface area contributed by atoms with Gasteiger partial charge in [-0.3, -0.25) is 4.79 Å². The Balaban J connectivity index is 2.07. The topological polar surface area (TPSA) is 91.2 Å². The molecule has 1 atom stereocenters. The second-order valence-electron chi connectivity index (χ2n) is 9.89. The van der Waals surface area contributed by atoms with Crippen LogP contribution in [0.25, 0.3) is 11.3 Å². The fourth-order valence-electron chi connectivity index (χ4n) is 3.19. The van der Waals surface area contributed by atoms with Gasteiger partial charge in [0.25, 0.3) is 5.56 Å². The number of hydrogen-bond acceptors (Lipinski definition) is 6. The van der Waals surface area contributed by atoms with Gasteiger partial charge >= 0.3 is 0 Å².